The van der Waals surface area contributed by atoms with E-state index in [1.54, 1.807) is 0 Å². The highest BCUT2D eigenvalue weighted by molar-refractivity contribution is 6.08. The molecular formula is C14H17N3O4. The van der Waals surface area contributed by atoms with Gasteiger partial charge in [0.2, 0.25) is 17.7 Å². The molecule has 2 N–H and O–H groups in total. The van der Waals surface area contributed by atoms with Crippen LogP contribution < -0.4 is 10.6 Å². The summed E-state index contributed by atoms with van der Waals surface area (Å²) in [5.41, 5.74) is 0. The summed E-state index contributed by atoms with van der Waals surface area (Å²) in [6.07, 6.45) is 6.69. The van der Waals surface area contributed by atoms with Crippen LogP contribution in [0.3, 0.4) is 0 Å². The first-order chi connectivity index (χ1) is 10.1. The number of hydrogen-bond donors (Lipinski definition) is 2. The topological polar surface area (TPSA) is 95.6 Å². The fraction of sp³-hybridized carbons (Fsp3) is 0.571. The Bertz CT molecular complexity index is 512. The number of rotatable bonds is 3. The highest BCUT2D eigenvalue weighted by Gasteiger charge is 2.47. The predicted molar refractivity (Wildman–Crippen MR) is 71.8 cm³/mol. The van der Waals surface area contributed by atoms with E-state index >= 15 is 0 Å². The lowest BCUT2D eigenvalue weighted by Gasteiger charge is -2.14. The Hall–Kier alpha value is -2.18. The molecule has 0 radical (unpaired) electrons. The Morgan fingerprint density at radius 3 is 2.19 bits per heavy atom. The van der Waals surface area contributed by atoms with Gasteiger partial charge in [0.15, 0.2) is 0 Å². The summed E-state index contributed by atoms with van der Waals surface area (Å²) in [7, 11) is 0. The average Bonchev–Trinajstić information content (AvgIpc) is 3.23. The molecule has 0 unspecified atom stereocenters. The van der Waals surface area contributed by atoms with Crippen molar-refractivity contribution in [3.05, 3.63) is 12.2 Å². The largest absolute Gasteiger partial charge is 0.335 e. The lowest BCUT2D eigenvalue weighted by atomic mass is 9.85. The van der Waals surface area contributed by atoms with Gasteiger partial charge in [0.05, 0.1) is 11.8 Å². The van der Waals surface area contributed by atoms with Gasteiger partial charge in [-0.1, -0.05) is 12.2 Å². The number of carbonyl (C=O) groups excluding carboxylic acids is 4. The zero-order valence-corrected chi connectivity index (χ0v) is 11.5. The van der Waals surface area contributed by atoms with Crippen molar-refractivity contribution in [3.63, 3.8) is 0 Å². The van der Waals surface area contributed by atoms with Crippen molar-refractivity contribution in [2.75, 3.05) is 6.54 Å². The third-order valence-corrected chi connectivity index (χ3v) is 4.07. The molecule has 7 heteroatoms. The van der Waals surface area contributed by atoms with Crippen molar-refractivity contribution < 1.29 is 19.2 Å². The first-order valence-electron chi connectivity index (χ1n) is 7.17. The van der Waals surface area contributed by atoms with E-state index in [1.807, 2.05) is 12.2 Å². The van der Waals surface area contributed by atoms with Crippen LogP contribution in [0.15, 0.2) is 12.2 Å². The minimum Gasteiger partial charge on any atom is -0.335 e. The van der Waals surface area contributed by atoms with Crippen LogP contribution in [-0.4, -0.2) is 41.2 Å². The van der Waals surface area contributed by atoms with E-state index in [2.05, 4.69) is 10.6 Å². The van der Waals surface area contributed by atoms with Crippen LogP contribution in [0.1, 0.15) is 25.7 Å². The zero-order chi connectivity index (χ0) is 15.0. The van der Waals surface area contributed by atoms with Crippen molar-refractivity contribution >= 4 is 23.8 Å². The molecule has 3 rings (SSSR count). The summed E-state index contributed by atoms with van der Waals surface area (Å²) in [6.45, 7) is -0.386. The number of imide groups is 2. The number of hydrogen-bond acceptors (Lipinski definition) is 4. The average molecular weight is 291 g/mol. The van der Waals surface area contributed by atoms with Crippen molar-refractivity contribution in [1.29, 1.82) is 0 Å². The van der Waals surface area contributed by atoms with Gasteiger partial charge in [-0.05, 0) is 25.7 Å². The fourth-order valence-corrected chi connectivity index (χ4v) is 2.78. The first kappa shape index (κ1) is 13.8. The van der Waals surface area contributed by atoms with Crippen LogP contribution in [0.5, 0.6) is 0 Å². The number of likely N-dealkylation sites (tertiary alicyclic amines) is 1. The van der Waals surface area contributed by atoms with E-state index in [0.29, 0.717) is 12.8 Å². The maximum atomic E-state index is 12.1. The maximum absolute atomic E-state index is 12.1. The number of urea groups is 1. The van der Waals surface area contributed by atoms with E-state index < -0.39 is 11.9 Å². The minimum atomic E-state index is -0.638. The highest BCUT2D eigenvalue weighted by Crippen LogP contribution is 2.34. The number of nitrogens with one attached hydrogen (secondary N) is 2. The third-order valence-electron chi connectivity index (χ3n) is 4.07. The van der Waals surface area contributed by atoms with E-state index in [0.717, 1.165) is 17.7 Å². The summed E-state index contributed by atoms with van der Waals surface area (Å²) in [4.78, 5) is 48.5. The molecule has 0 aromatic rings. The Balaban J connectivity index is 1.56. The molecule has 2 fully saturated rings. The molecular weight excluding hydrogens is 274 g/mol. The van der Waals surface area contributed by atoms with Crippen LogP contribution >= 0.6 is 0 Å². The van der Waals surface area contributed by atoms with Crippen molar-refractivity contribution in [2.24, 2.45) is 11.8 Å². The van der Waals surface area contributed by atoms with Gasteiger partial charge in [-0.2, -0.15) is 0 Å². The quantitative estimate of drug-likeness (QED) is 0.562. The molecule has 0 spiro atoms. The number of amides is 5. The Morgan fingerprint density at radius 1 is 1.10 bits per heavy atom. The molecule has 1 heterocycles. The van der Waals surface area contributed by atoms with Crippen LogP contribution in [0.25, 0.3) is 0 Å². The van der Waals surface area contributed by atoms with Crippen LogP contribution in [0.2, 0.25) is 0 Å². The lowest BCUT2D eigenvalue weighted by Crippen LogP contribution is -2.46. The number of allylic oxidation sites excluding steroid dienone is 2. The van der Waals surface area contributed by atoms with Crippen molar-refractivity contribution in [2.45, 2.75) is 31.7 Å². The molecule has 2 atom stereocenters. The summed E-state index contributed by atoms with van der Waals surface area (Å²) in [6, 6.07) is -0.428. The molecule has 2 aliphatic carbocycles. The maximum Gasteiger partial charge on any atom is 0.321 e. The molecule has 21 heavy (non-hydrogen) atoms. The monoisotopic (exact) mass is 291 g/mol. The molecule has 3 aliphatic rings. The zero-order valence-electron chi connectivity index (χ0n) is 11.5. The van der Waals surface area contributed by atoms with Gasteiger partial charge in [0.25, 0.3) is 0 Å². The van der Waals surface area contributed by atoms with Gasteiger partial charge in [0, 0.05) is 6.04 Å². The van der Waals surface area contributed by atoms with E-state index in [1.165, 1.54) is 0 Å². The molecule has 0 bridgehead atoms. The molecule has 0 aromatic carbocycles. The molecule has 1 aliphatic heterocycles. The van der Waals surface area contributed by atoms with Gasteiger partial charge in [-0.15, -0.1) is 0 Å². The molecule has 5 amide bonds. The SMILES string of the molecule is O=C(CN1C(=O)[C@H]2CC=CC[C@H]2C1=O)NC(=O)NC1CC1. The summed E-state index contributed by atoms with van der Waals surface area (Å²) >= 11 is 0. The molecule has 0 aromatic heterocycles. The second-order valence-corrected chi connectivity index (χ2v) is 5.71. The highest BCUT2D eigenvalue weighted by atomic mass is 16.2. The van der Waals surface area contributed by atoms with Crippen molar-refractivity contribution in [1.82, 2.24) is 15.5 Å². The van der Waals surface area contributed by atoms with Crippen LogP contribution in [0.4, 0.5) is 4.79 Å². The Kier molecular flexibility index (Phi) is 3.48. The molecule has 1 saturated heterocycles. The first-order valence-corrected chi connectivity index (χ1v) is 7.17. The molecule has 1 saturated carbocycles. The minimum absolute atomic E-state index is 0.141. The van der Waals surface area contributed by atoms with E-state index in [4.69, 9.17) is 0 Å². The Morgan fingerprint density at radius 2 is 1.67 bits per heavy atom. The second-order valence-electron chi connectivity index (χ2n) is 5.71. The van der Waals surface area contributed by atoms with Gasteiger partial charge in [0.1, 0.15) is 6.54 Å². The predicted octanol–water partition coefficient (Wildman–Crippen LogP) is -0.0742. The van der Waals surface area contributed by atoms with Gasteiger partial charge >= 0.3 is 6.03 Å². The normalized spacial score (nSPS) is 27.5. The lowest BCUT2D eigenvalue weighted by molar-refractivity contribution is -0.143. The number of fused-ring (bicyclic) bond motifs is 1. The molecule has 7 nitrogen and oxygen atoms in total. The van der Waals surface area contributed by atoms with E-state index in [-0.39, 0.29) is 36.2 Å². The van der Waals surface area contributed by atoms with Crippen molar-refractivity contribution in [3.8, 4) is 0 Å². The Labute approximate surface area is 121 Å². The number of carbonyl (C=O) groups is 4. The van der Waals surface area contributed by atoms with E-state index in [9.17, 15) is 19.2 Å². The van der Waals surface area contributed by atoms with Gasteiger partial charge in [-0.25, -0.2) is 4.79 Å². The molecule has 112 valence electrons. The van der Waals surface area contributed by atoms with Gasteiger partial charge < -0.3 is 5.32 Å². The fourth-order valence-electron chi connectivity index (χ4n) is 2.78. The second kappa shape index (κ2) is 5.31. The standard InChI is InChI=1S/C14H17N3O4/c18-11(16-14(21)15-8-5-6-8)7-17-12(19)9-3-1-2-4-10(9)13(17)20/h1-2,8-10H,3-7H2,(H2,15,16,18,21)/t9-,10+. The summed E-state index contributed by atoms with van der Waals surface area (Å²) in [5, 5.41) is 4.76. The third kappa shape index (κ3) is 2.81. The van der Waals surface area contributed by atoms with Crippen LogP contribution in [0, 0.1) is 11.8 Å². The van der Waals surface area contributed by atoms with Gasteiger partial charge in [-0.3, -0.25) is 24.6 Å². The van der Waals surface area contributed by atoms with Crippen LogP contribution in [-0.2, 0) is 14.4 Å². The summed E-state index contributed by atoms with van der Waals surface area (Å²) < 4.78 is 0. The smallest absolute Gasteiger partial charge is 0.321 e. The number of nitrogens with zero attached hydrogens (tertiary/aromatic N) is 1. The summed E-state index contributed by atoms with van der Waals surface area (Å²) in [5.74, 6) is -1.97.